The summed E-state index contributed by atoms with van der Waals surface area (Å²) in [4.78, 5) is 25.3. The predicted molar refractivity (Wildman–Crippen MR) is 97.1 cm³/mol. The van der Waals surface area contributed by atoms with E-state index in [4.69, 9.17) is 4.74 Å². The number of halogens is 1. The first-order valence-corrected chi connectivity index (χ1v) is 8.22. The first kappa shape index (κ1) is 18.0. The molecule has 0 radical (unpaired) electrons. The van der Waals surface area contributed by atoms with Gasteiger partial charge in [-0.3, -0.25) is 9.59 Å². The van der Waals surface area contributed by atoms with Gasteiger partial charge in [0, 0.05) is 17.2 Å². The molecule has 0 unspecified atom stereocenters. The molecule has 0 saturated heterocycles. The van der Waals surface area contributed by atoms with Gasteiger partial charge < -0.3 is 15.0 Å². The van der Waals surface area contributed by atoms with Gasteiger partial charge in [-0.05, 0) is 43.3 Å². The van der Waals surface area contributed by atoms with Gasteiger partial charge in [-0.1, -0.05) is 33.6 Å². The molecule has 0 heterocycles. The second-order valence-corrected chi connectivity index (χ2v) is 6.32. The van der Waals surface area contributed by atoms with Gasteiger partial charge in [0.05, 0.1) is 6.54 Å². The van der Waals surface area contributed by atoms with E-state index in [1.165, 1.54) is 4.90 Å². The van der Waals surface area contributed by atoms with Crippen LogP contribution in [-0.2, 0) is 9.59 Å². The number of anilines is 1. The zero-order valence-corrected chi connectivity index (χ0v) is 15.2. The number of amides is 2. The quantitative estimate of drug-likeness (QED) is 0.823. The molecule has 2 aromatic carbocycles. The molecule has 2 amide bonds. The van der Waals surface area contributed by atoms with Crippen molar-refractivity contribution in [3.8, 4) is 5.75 Å². The molecule has 0 bridgehead atoms. The molecule has 126 valence electrons. The highest BCUT2D eigenvalue weighted by molar-refractivity contribution is 9.10. The van der Waals surface area contributed by atoms with Gasteiger partial charge in [0.1, 0.15) is 5.75 Å². The lowest BCUT2D eigenvalue weighted by Crippen LogP contribution is -2.37. The molecule has 0 aliphatic rings. The lowest BCUT2D eigenvalue weighted by atomic mass is 10.2. The third-order valence-electron chi connectivity index (χ3n) is 3.32. The average Bonchev–Trinajstić information content (AvgIpc) is 2.56. The van der Waals surface area contributed by atoms with Crippen LogP contribution in [0.25, 0.3) is 0 Å². The molecule has 0 atom stereocenters. The van der Waals surface area contributed by atoms with Crippen molar-refractivity contribution < 1.29 is 14.3 Å². The van der Waals surface area contributed by atoms with Crippen molar-refractivity contribution in [1.29, 1.82) is 0 Å². The van der Waals surface area contributed by atoms with E-state index in [2.05, 4.69) is 21.2 Å². The van der Waals surface area contributed by atoms with Crippen molar-refractivity contribution in [3.05, 3.63) is 58.6 Å². The molecule has 0 aliphatic carbocycles. The van der Waals surface area contributed by atoms with Crippen LogP contribution >= 0.6 is 15.9 Å². The molecule has 24 heavy (non-hydrogen) atoms. The Morgan fingerprint density at radius 1 is 1.08 bits per heavy atom. The molecule has 2 rings (SSSR count). The highest BCUT2D eigenvalue weighted by atomic mass is 79.9. The maximum Gasteiger partial charge on any atom is 0.260 e. The fourth-order valence-corrected chi connectivity index (χ4v) is 2.19. The van der Waals surface area contributed by atoms with E-state index in [1.807, 2.05) is 43.3 Å². The zero-order chi connectivity index (χ0) is 17.5. The summed E-state index contributed by atoms with van der Waals surface area (Å²) < 4.78 is 6.35. The van der Waals surface area contributed by atoms with Crippen LogP contribution in [0.5, 0.6) is 5.75 Å². The van der Waals surface area contributed by atoms with Gasteiger partial charge in [-0.25, -0.2) is 0 Å². The fourth-order valence-electron chi connectivity index (χ4n) is 1.93. The van der Waals surface area contributed by atoms with Crippen LogP contribution < -0.4 is 10.1 Å². The van der Waals surface area contributed by atoms with Crippen molar-refractivity contribution in [2.75, 3.05) is 25.5 Å². The summed E-state index contributed by atoms with van der Waals surface area (Å²) in [5.74, 6) is 0.0828. The summed E-state index contributed by atoms with van der Waals surface area (Å²) >= 11 is 3.33. The molecule has 0 fully saturated rings. The van der Waals surface area contributed by atoms with Crippen LogP contribution in [0.2, 0.25) is 0 Å². The second-order valence-electron chi connectivity index (χ2n) is 5.41. The van der Waals surface area contributed by atoms with E-state index < -0.39 is 0 Å². The summed E-state index contributed by atoms with van der Waals surface area (Å²) in [6, 6.07) is 14.7. The standard InChI is InChI=1S/C18H19BrN2O3/c1-13-3-7-15(8-4-13)20-17(22)11-21(2)18(23)12-24-16-9-5-14(19)6-10-16/h3-10H,11-12H2,1-2H3,(H,20,22). The van der Waals surface area contributed by atoms with E-state index in [0.717, 1.165) is 10.0 Å². The largest absolute Gasteiger partial charge is 0.484 e. The molecule has 0 aliphatic heterocycles. The van der Waals surface area contributed by atoms with Crippen LogP contribution in [0.15, 0.2) is 53.0 Å². The topological polar surface area (TPSA) is 58.6 Å². The van der Waals surface area contributed by atoms with Crippen molar-refractivity contribution in [1.82, 2.24) is 4.90 Å². The van der Waals surface area contributed by atoms with Crippen LogP contribution in [0.1, 0.15) is 5.56 Å². The Kier molecular flexibility index (Phi) is 6.37. The Bertz CT molecular complexity index is 699. The summed E-state index contributed by atoms with van der Waals surface area (Å²) in [5.41, 5.74) is 1.82. The zero-order valence-electron chi connectivity index (χ0n) is 13.6. The SMILES string of the molecule is Cc1ccc(NC(=O)CN(C)C(=O)COc2ccc(Br)cc2)cc1. The summed E-state index contributed by atoms with van der Waals surface area (Å²) in [5, 5.41) is 2.76. The van der Waals surface area contributed by atoms with Crippen LogP contribution in [0, 0.1) is 6.92 Å². The van der Waals surface area contributed by atoms with E-state index in [9.17, 15) is 9.59 Å². The number of nitrogens with one attached hydrogen (secondary N) is 1. The summed E-state index contributed by atoms with van der Waals surface area (Å²) in [7, 11) is 1.57. The molecular formula is C18H19BrN2O3. The Labute approximate surface area is 149 Å². The minimum atomic E-state index is -0.267. The van der Waals surface area contributed by atoms with Gasteiger partial charge in [0.15, 0.2) is 6.61 Å². The maximum absolute atomic E-state index is 12.0. The normalized spacial score (nSPS) is 10.1. The Hall–Kier alpha value is -2.34. The Morgan fingerprint density at radius 3 is 2.33 bits per heavy atom. The van der Waals surface area contributed by atoms with Crippen molar-refractivity contribution in [2.24, 2.45) is 0 Å². The van der Waals surface area contributed by atoms with Gasteiger partial charge >= 0.3 is 0 Å². The number of nitrogens with zero attached hydrogens (tertiary/aromatic N) is 1. The number of benzene rings is 2. The monoisotopic (exact) mass is 390 g/mol. The third-order valence-corrected chi connectivity index (χ3v) is 3.85. The first-order chi connectivity index (χ1) is 11.4. The fraction of sp³-hybridized carbons (Fsp3) is 0.222. The van der Waals surface area contributed by atoms with E-state index in [0.29, 0.717) is 11.4 Å². The smallest absolute Gasteiger partial charge is 0.260 e. The molecule has 6 heteroatoms. The molecule has 1 N–H and O–H groups in total. The molecule has 0 spiro atoms. The maximum atomic E-state index is 12.0. The van der Waals surface area contributed by atoms with E-state index in [-0.39, 0.29) is 25.0 Å². The number of ether oxygens (including phenoxy) is 1. The Morgan fingerprint density at radius 2 is 1.71 bits per heavy atom. The van der Waals surface area contributed by atoms with Crippen LogP contribution in [0.4, 0.5) is 5.69 Å². The van der Waals surface area contributed by atoms with Gasteiger partial charge in [-0.2, -0.15) is 0 Å². The van der Waals surface area contributed by atoms with Crippen molar-refractivity contribution in [3.63, 3.8) is 0 Å². The van der Waals surface area contributed by atoms with E-state index >= 15 is 0 Å². The number of likely N-dealkylation sites (N-methyl/N-ethyl adjacent to an activating group) is 1. The van der Waals surface area contributed by atoms with Gasteiger partial charge in [0.25, 0.3) is 5.91 Å². The van der Waals surface area contributed by atoms with Gasteiger partial charge in [-0.15, -0.1) is 0 Å². The highest BCUT2D eigenvalue weighted by Gasteiger charge is 2.13. The number of carbonyl (C=O) groups is 2. The van der Waals surface area contributed by atoms with Crippen molar-refractivity contribution >= 4 is 33.4 Å². The number of hydrogen-bond donors (Lipinski definition) is 1. The summed E-state index contributed by atoms with van der Waals surface area (Å²) in [6.07, 6.45) is 0. The minimum Gasteiger partial charge on any atom is -0.484 e. The lowest BCUT2D eigenvalue weighted by Gasteiger charge is -2.17. The number of aryl methyl sites for hydroxylation is 1. The number of carbonyl (C=O) groups excluding carboxylic acids is 2. The molecule has 0 saturated carbocycles. The lowest BCUT2D eigenvalue weighted by molar-refractivity contribution is -0.135. The first-order valence-electron chi connectivity index (χ1n) is 7.43. The molecule has 5 nitrogen and oxygen atoms in total. The minimum absolute atomic E-state index is 0.0313. The second kappa shape index (κ2) is 8.49. The third kappa shape index (κ3) is 5.70. The predicted octanol–water partition coefficient (Wildman–Crippen LogP) is 3.23. The molecule has 0 aromatic heterocycles. The molecule has 2 aromatic rings. The van der Waals surface area contributed by atoms with E-state index in [1.54, 1.807) is 19.2 Å². The molecular weight excluding hydrogens is 372 g/mol. The number of rotatable bonds is 6. The van der Waals surface area contributed by atoms with Crippen molar-refractivity contribution in [2.45, 2.75) is 6.92 Å². The van der Waals surface area contributed by atoms with Gasteiger partial charge in [0.2, 0.25) is 5.91 Å². The average molecular weight is 391 g/mol. The van der Waals surface area contributed by atoms with Crippen LogP contribution in [0.3, 0.4) is 0 Å². The highest BCUT2D eigenvalue weighted by Crippen LogP contribution is 2.16. The Balaban J connectivity index is 1.78. The van der Waals surface area contributed by atoms with Crippen LogP contribution in [-0.4, -0.2) is 36.9 Å². The number of hydrogen-bond acceptors (Lipinski definition) is 3. The summed E-state index contributed by atoms with van der Waals surface area (Å²) in [6.45, 7) is 1.83.